The number of fused-ring (bicyclic) bond motifs is 1. The van der Waals surface area contributed by atoms with E-state index in [2.05, 4.69) is 18.8 Å². The van der Waals surface area contributed by atoms with Gasteiger partial charge in [-0.2, -0.15) is 0 Å². The second kappa shape index (κ2) is 3.00. The zero-order valence-electron chi connectivity index (χ0n) is 7.61. The smallest absolute Gasteiger partial charge is 0.117 e. The molecule has 0 aliphatic rings. The molecular weight excluding hydrogens is 182 g/mol. The lowest BCUT2D eigenvalue weighted by Gasteiger charge is -1.94. The maximum absolute atomic E-state index is 9.24. The van der Waals surface area contributed by atoms with E-state index in [4.69, 9.17) is 0 Å². The SMILES string of the molecule is CC(C)c1nc2cc(O)ccc2s1. The van der Waals surface area contributed by atoms with Crippen molar-refractivity contribution < 1.29 is 5.11 Å². The summed E-state index contributed by atoms with van der Waals surface area (Å²) in [7, 11) is 0. The quantitative estimate of drug-likeness (QED) is 0.754. The number of phenols is 1. The predicted molar refractivity (Wildman–Crippen MR) is 55.4 cm³/mol. The molecule has 0 atom stereocenters. The van der Waals surface area contributed by atoms with Gasteiger partial charge in [-0.05, 0) is 12.1 Å². The molecule has 0 saturated heterocycles. The van der Waals surface area contributed by atoms with Crippen LogP contribution in [0.4, 0.5) is 0 Å². The second-order valence-electron chi connectivity index (χ2n) is 3.36. The number of hydrogen-bond donors (Lipinski definition) is 1. The van der Waals surface area contributed by atoms with Crippen LogP contribution in [-0.4, -0.2) is 10.1 Å². The molecule has 1 heterocycles. The van der Waals surface area contributed by atoms with Gasteiger partial charge in [-0.15, -0.1) is 11.3 Å². The van der Waals surface area contributed by atoms with Gasteiger partial charge in [-0.1, -0.05) is 13.8 Å². The Morgan fingerprint density at radius 3 is 2.85 bits per heavy atom. The van der Waals surface area contributed by atoms with Crippen LogP contribution in [-0.2, 0) is 0 Å². The highest BCUT2D eigenvalue weighted by atomic mass is 32.1. The van der Waals surface area contributed by atoms with E-state index in [-0.39, 0.29) is 5.75 Å². The Morgan fingerprint density at radius 1 is 1.38 bits per heavy atom. The Labute approximate surface area is 80.9 Å². The Kier molecular flexibility index (Phi) is 1.96. The van der Waals surface area contributed by atoms with Gasteiger partial charge in [-0.3, -0.25) is 0 Å². The van der Waals surface area contributed by atoms with Gasteiger partial charge in [0.1, 0.15) is 5.75 Å². The monoisotopic (exact) mass is 193 g/mol. The van der Waals surface area contributed by atoms with Crippen LogP contribution in [0.1, 0.15) is 24.8 Å². The molecule has 1 aromatic carbocycles. The van der Waals surface area contributed by atoms with E-state index in [1.807, 2.05) is 6.07 Å². The van der Waals surface area contributed by atoms with E-state index in [9.17, 15) is 5.11 Å². The second-order valence-corrected chi connectivity index (χ2v) is 4.42. The van der Waals surface area contributed by atoms with Crippen LogP contribution in [0.3, 0.4) is 0 Å². The summed E-state index contributed by atoms with van der Waals surface area (Å²) in [4.78, 5) is 4.43. The third-order valence-corrected chi connectivity index (χ3v) is 3.22. The Hall–Kier alpha value is -1.09. The van der Waals surface area contributed by atoms with E-state index in [0.29, 0.717) is 5.92 Å². The molecule has 0 amide bonds. The molecule has 13 heavy (non-hydrogen) atoms. The number of phenolic OH excluding ortho intramolecular Hbond substituents is 1. The first kappa shape index (κ1) is 8.51. The van der Waals surface area contributed by atoms with Gasteiger partial charge in [0.15, 0.2) is 0 Å². The van der Waals surface area contributed by atoms with Crippen LogP contribution in [0, 0.1) is 0 Å². The fourth-order valence-corrected chi connectivity index (χ4v) is 2.13. The number of thiazole rings is 1. The van der Waals surface area contributed by atoms with Gasteiger partial charge in [0.2, 0.25) is 0 Å². The highest BCUT2D eigenvalue weighted by Crippen LogP contribution is 2.29. The third kappa shape index (κ3) is 1.52. The molecule has 2 rings (SSSR count). The summed E-state index contributed by atoms with van der Waals surface area (Å²) in [5.74, 6) is 0.743. The predicted octanol–water partition coefficient (Wildman–Crippen LogP) is 3.13. The molecule has 0 spiro atoms. The lowest BCUT2D eigenvalue weighted by Crippen LogP contribution is -1.82. The van der Waals surface area contributed by atoms with E-state index >= 15 is 0 Å². The van der Waals surface area contributed by atoms with Crippen molar-refractivity contribution in [1.29, 1.82) is 0 Å². The molecule has 0 unspecified atom stereocenters. The molecule has 68 valence electrons. The molecule has 0 radical (unpaired) electrons. The topological polar surface area (TPSA) is 33.1 Å². The number of aromatic nitrogens is 1. The lowest BCUT2D eigenvalue weighted by atomic mass is 10.2. The summed E-state index contributed by atoms with van der Waals surface area (Å²) >= 11 is 1.69. The Morgan fingerprint density at radius 2 is 2.15 bits per heavy atom. The van der Waals surface area contributed by atoms with Crippen molar-refractivity contribution in [3.05, 3.63) is 23.2 Å². The molecule has 0 aliphatic heterocycles. The first-order valence-corrected chi connectivity index (χ1v) is 5.08. The van der Waals surface area contributed by atoms with Gasteiger partial charge in [0.05, 0.1) is 15.2 Å². The number of aromatic hydroxyl groups is 1. The van der Waals surface area contributed by atoms with Crippen molar-refractivity contribution in [2.75, 3.05) is 0 Å². The minimum Gasteiger partial charge on any atom is -0.508 e. The maximum Gasteiger partial charge on any atom is 0.117 e. The van der Waals surface area contributed by atoms with Crippen molar-refractivity contribution in [2.45, 2.75) is 19.8 Å². The molecular formula is C10H11NOS. The number of benzene rings is 1. The summed E-state index contributed by atoms with van der Waals surface area (Å²) in [5.41, 5.74) is 0.897. The number of hydrogen-bond acceptors (Lipinski definition) is 3. The van der Waals surface area contributed by atoms with E-state index in [1.54, 1.807) is 23.5 Å². The molecule has 1 aromatic heterocycles. The summed E-state index contributed by atoms with van der Waals surface area (Å²) in [5, 5.41) is 10.4. The van der Waals surface area contributed by atoms with Crippen molar-refractivity contribution >= 4 is 21.6 Å². The average Bonchev–Trinajstić information content (AvgIpc) is 2.46. The maximum atomic E-state index is 9.24. The van der Waals surface area contributed by atoms with E-state index in [1.165, 1.54) is 0 Å². The van der Waals surface area contributed by atoms with Crippen molar-refractivity contribution in [1.82, 2.24) is 4.98 Å². The van der Waals surface area contributed by atoms with Crippen LogP contribution in [0.2, 0.25) is 0 Å². The summed E-state index contributed by atoms with van der Waals surface area (Å²) < 4.78 is 1.14. The largest absolute Gasteiger partial charge is 0.508 e. The lowest BCUT2D eigenvalue weighted by molar-refractivity contribution is 0.476. The highest BCUT2D eigenvalue weighted by Gasteiger charge is 2.06. The molecule has 0 aliphatic carbocycles. The van der Waals surface area contributed by atoms with E-state index in [0.717, 1.165) is 15.2 Å². The normalized spacial score (nSPS) is 11.3. The van der Waals surface area contributed by atoms with Gasteiger partial charge in [-0.25, -0.2) is 4.98 Å². The fourth-order valence-electron chi connectivity index (χ4n) is 1.18. The molecule has 0 saturated carbocycles. The van der Waals surface area contributed by atoms with Crippen molar-refractivity contribution in [3.8, 4) is 5.75 Å². The standard InChI is InChI=1S/C10H11NOS/c1-6(2)10-11-8-5-7(12)3-4-9(8)13-10/h3-6,12H,1-2H3. The van der Waals surface area contributed by atoms with Crippen LogP contribution in [0.15, 0.2) is 18.2 Å². The summed E-state index contributed by atoms with van der Waals surface area (Å²) in [6.45, 7) is 4.25. The minimum absolute atomic E-state index is 0.285. The molecule has 3 heteroatoms. The summed E-state index contributed by atoms with van der Waals surface area (Å²) in [6, 6.07) is 5.32. The fraction of sp³-hybridized carbons (Fsp3) is 0.300. The molecule has 2 nitrogen and oxygen atoms in total. The zero-order chi connectivity index (χ0) is 9.42. The first-order chi connectivity index (χ1) is 6.16. The molecule has 0 bridgehead atoms. The van der Waals surface area contributed by atoms with Crippen LogP contribution >= 0.6 is 11.3 Å². The number of nitrogens with zero attached hydrogens (tertiary/aromatic N) is 1. The van der Waals surface area contributed by atoms with Crippen molar-refractivity contribution in [3.63, 3.8) is 0 Å². The number of rotatable bonds is 1. The van der Waals surface area contributed by atoms with Crippen LogP contribution in [0.25, 0.3) is 10.2 Å². The van der Waals surface area contributed by atoms with Gasteiger partial charge < -0.3 is 5.11 Å². The molecule has 1 N–H and O–H groups in total. The first-order valence-electron chi connectivity index (χ1n) is 4.26. The molecule has 0 fully saturated rings. The molecule has 2 aromatic rings. The Balaban J connectivity index is 2.62. The summed E-state index contributed by atoms with van der Waals surface area (Å²) in [6.07, 6.45) is 0. The minimum atomic E-state index is 0.285. The Bertz CT molecular complexity index is 433. The van der Waals surface area contributed by atoms with Crippen LogP contribution < -0.4 is 0 Å². The highest BCUT2D eigenvalue weighted by molar-refractivity contribution is 7.18. The van der Waals surface area contributed by atoms with Gasteiger partial charge in [0.25, 0.3) is 0 Å². The van der Waals surface area contributed by atoms with E-state index < -0.39 is 0 Å². The van der Waals surface area contributed by atoms with Crippen LogP contribution in [0.5, 0.6) is 5.75 Å². The third-order valence-electron chi connectivity index (χ3n) is 1.88. The average molecular weight is 193 g/mol. The van der Waals surface area contributed by atoms with Crippen molar-refractivity contribution in [2.24, 2.45) is 0 Å². The van der Waals surface area contributed by atoms with Gasteiger partial charge in [0, 0.05) is 12.0 Å². The zero-order valence-corrected chi connectivity index (χ0v) is 8.43. The van der Waals surface area contributed by atoms with Gasteiger partial charge >= 0.3 is 0 Å².